The summed E-state index contributed by atoms with van der Waals surface area (Å²) in [6, 6.07) is 9.22. The first-order valence-electron chi connectivity index (χ1n) is 8.03. The molecule has 6 nitrogen and oxygen atoms in total. The topological polar surface area (TPSA) is 80.0 Å². The number of aliphatic hydroxyl groups excluding tert-OH is 1. The minimum atomic E-state index is -0.743. The molecule has 0 unspecified atom stereocenters. The number of aliphatic hydroxyl groups is 1. The van der Waals surface area contributed by atoms with Gasteiger partial charge in [-0.2, -0.15) is 0 Å². The molecule has 0 spiro atoms. The Kier molecular flexibility index (Phi) is 5.15. The Bertz CT molecular complexity index is 868. The Hall–Kier alpha value is -2.57. The molecule has 2 aromatic rings. The molecule has 1 N–H and O–H groups in total. The number of nitrogens with zero attached hydrogens (tertiary/aromatic N) is 1. The molecule has 136 valence electrons. The molecular weight excluding hydrogens is 358 g/mol. The molecule has 26 heavy (non-hydrogen) atoms. The fourth-order valence-corrected chi connectivity index (χ4v) is 3.11. The van der Waals surface area contributed by atoms with E-state index in [0.29, 0.717) is 16.3 Å². The Labute approximate surface area is 155 Å². The van der Waals surface area contributed by atoms with Crippen LogP contribution >= 0.6 is 11.6 Å². The van der Waals surface area contributed by atoms with Gasteiger partial charge in [0.05, 0.1) is 18.2 Å². The van der Waals surface area contributed by atoms with Crippen LogP contribution in [0, 0.1) is 6.92 Å². The van der Waals surface area contributed by atoms with E-state index in [-0.39, 0.29) is 24.5 Å². The molecule has 1 atom stereocenters. The first-order chi connectivity index (χ1) is 12.4. The van der Waals surface area contributed by atoms with Crippen molar-refractivity contribution in [1.82, 2.24) is 4.90 Å². The van der Waals surface area contributed by atoms with E-state index in [9.17, 15) is 14.7 Å². The molecule has 1 aromatic carbocycles. The Morgan fingerprint density at radius 2 is 1.96 bits per heavy atom. The summed E-state index contributed by atoms with van der Waals surface area (Å²) >= 11 is 5.95. The van der Waals surface area contributed by atoms with Crippen molar-refractivity contribution < 1.29 is 23.8 Å². The van der Waals surface area contributed by atoms with Crippen LogP contribution in [-0.2, 0) is 9.53 Å². The number of aryl methyl sites for hydroxylation is 1. The van der Waals surface area contributed by atoms with E-state index in [0.717, 1.165) is 0 Å². The smallest absolute Gasteiger partial charge is 0.290 e. The summed E-state index contributed by atoms with van der Waals surface area (Å²) in [5.74, 6) is -1.07. The molecule has 1 aromatic heterocycles. The van der Waals surface area contributed by atoms with Crippen molar-refractivity contribution in [1.29, 1.82) is 0 Å². The number of Topliss-reactive ketones (excluding diaryl/α,β-unsaturated/α-hetero) is 1. The third-order valence-electron chi connectivity index (χ3n) is 4.23. The number of ether oxygens (including phenoxy) is 1. The third kappa shape index (κ3) is 3.25. The van der Waals surface area contributed by atoms with Gasteiger partial charge in [-0.15, -0.1) is 0 Å². The zero-order valence-electron chi connectivity index (χ0n) is 14.4. The Morgan fingerprint density at radius 3 is 2.54 bits per heavy atom. The van der Waals surface area contributed by atoms with Gasteiger partial charge in [0, 0.05) is 18.7 Å². The fourth-order valence-electron chi connectivity index (χ4n) is 2.99. The van der Waals surface area contributed by atoms with Crippen LogP contribution in [0.5, 0.6) is 0 Å². The van der Waals surface area contributed by atoms with Crippen molar-refractivity contribution >= 4 is 23.3 Å². The van der Waals surface area contributed by atoms with Crippen LogP contribution in [0.25, 0.3) is 0 Å². The average Bonchev–Trinajstić information content (AvgIpc) is 3.16. The molecule has 3 rings (SSSR count). The number of hydrogen-bond donors (Lipinski definition) is 1. The van der Waals surface area contributed by atoms with Gasteiger partial charge in [-0.3, -0.25) is 9.59 Å². The summed E-state index contributed by atoms with van der Waals surface area (Å²) in [5.41, 5.74) is 0.650. The van der Waals surface area contributed by atoms with Crippen LogP contribution in [0.3, 0.4) is 0 Å². The Balaban J connectivity index is 2.07. The van der Waals surface area contributed by atoms with E-state index < -0.39 is 23.5 Å². The summed E-state index contributed by atoms with van der Waals surface area (Å²) in [5, 5.41) is 10.9. The maximum absolute atomic E-state index is 12.9. The molecular formula is C19H18ClNO5. The summed E-state index contributed by atoms with van der Waals surface area (Å²) in [6.45, 7) is 2.21. The lowest BCUT2D eigenvalue weighted by Crippen LogP contribution is -2.33. The van der Waals surface area contributed by atoms with Gasteiger partial charge in [0.1, 0.15) is 5.76 Å². The minimum Gasteiger partial charge on any atom is -0.503 e. The average molecular weight is 376 g/mol. The maximum Gasteiger partial charge on any atom is 0.290 e. The molecule has 1 amide bonds. The quantitative estimate of drug-likeness (QED) is 0.782. The van der Waals surface area contributed by atoms with E-state index in [4.69, 9.17) is 20.8 Å². The van der Waals surface area contributed by atoms with Gasteiger partial charge in [-0.25, -0.2) is 0 Å². The third-order valence-corrected chi connectivity index (χ3v) is 4.49. The lowest BCUT2D eigenvalue weighted by atomic mass is 9.95. The highest BCUT2D eigenvalue weighted by atomic mass is 35.5. The lowest BCUT2D eigenvalue weighted by Gasteiger charge is -2.26. The van der Waals surface area contributed by atoms with Gasteiger partial charge in [0.15, 0.2) is 11.5 Å². The van der Waals surface area contributed by atoms with E-state index in [2.05, 4.69) is 0 Å². The van der Waals surface area contributed by atoms with Gasteiger partial charge in [0.2, 0.25) is 5.78 Å². The number of furan rings is 1. The van der Waals surface area contributed by atoms with Crippen LogP contribution in [0.4, 0.5) is 0 Å². The second-order valence-electron chi connectivity index (χ2n) is 5.95. The normalized spacial score (nSPS) is 17.3. The highest BCUT2D eigenvalue weighted by Crippen LogP contribution is 2.39. The first-order valence-corrected chi connectivity index (χ1v) is 8.41. The Morgan fingerprint density at radius 1 is 1.27 bits per heavy atom. The van der Waals surface area contributed by atoms with E-state index in [1.165, 1.54) is 18.1 Å². The van der Waals surface area contributed by atoms with Crippen LogP contribution in [0.15, 0.2) is 52.1 Å². The molecule has 7 heteroatoms. The second-order valence-corrected chi connectivity index (χ2v) is 6.38. The zero-order chi connectivity index (χ0) is 18.8. The standard InChI is InChI=1S/C19H18ClNO5/c1-11-3-8-14(26-11)17(22)15-16(12-4-6-13(20)7-5-12)21(9-10-25-2)19(24)18(15)23/h3-8,16,23H,9-10H2,1-2H3/t16-/m1/s1. The molecule has 0 fully saturated rings. The molecule has 1 aliphatic heterocycles. The zero-order valence-corrected chi connectivity index (χ0v) is 15.1. The number of amides is 1. The molecule has 0 aliphatic carbocycles. The van der Waals surface area contributed by atoms with Crippen molar-refractivity contribution in [3.63, 3.8) is 0 Å². The molecule has 0 radical (unpaired) electrons. The molecule has 0 bridgehead atoms. The summed E-state index contributed by atoms with van der Waals surface area (Å²) in [6.07, 6.45) is 0. The van der Waals surface area contributed by atoms with Gasteiger partial charge in [0.25, 0.3) is 5.91 Å². The first kappa shape index (κ1) is 18.2. The van der Waals surface area contributed by atoms with Crippen molar-refractivity contribution in [2.45, 2.75) is 13.0 Å². The number of halogens is 1. The highest BCUT2D eigenvalue weighted by molar-refractivity contribution is 6.30. The summed E-state index contributed by atoms with van der Waals surface area (Å²) < 4.78 is 10.4. The minimum absolute atomic E-state index is 0.0113. The van der Waals surface area contributed by atoms with Gasteiger partial charge in [-0.1, -0.05) is 23.7 Å². The largest absolute Gasteiger partial charge is 0.503 e. The van der Waals surface area contributed by atoms with Crippen molar-refractivity contribution in [2.24, 2.45) is 0 Å². The number of benzene rings is 1. The number of carbonyl (C=O) groups is 2. The predicted molar refractivity (Wildman–Crippen MR) is 95.2 cm³/mol. The maximum atomic E-state index is 12.9. The number of rotatable bonds is 6. The summed E-state index contributed by atoms with van der Waals surface area (Å²) in [7, 11) is 1.52. The molecule has 2 heterocycles. The SMILES string of the molecule is COCCN1C(=O)C(O)=C(C(=O)c2ccc(C)o2)[C@H]1c1ccc(Cl)cc1. The van der Waals surface area contributed by atoms with E-state index in [1.807, 2.05) is 0 Å². The number of ketones is 1. The number of hydrogen-bond acceptors (Lipinski definition) is 5. The van der Waals surface area contributed by atoms with Crippen LogP contribution < -0.4 is 0 Å². The predicted octanol–water partition coefficient (Wildman–Crippen LogP) is 3.47. The monoisotopic (exact) mass is 375 g/mol. The molecule has 1 aliphatic rings. The van der Waals surface area contributed by atoms with Crippen LogP contribution in [0.1, 0.15) is 27.9 Å². The van der Waals surface area contributed by atoms with Gasteiger partial charge < -0.3 is 19.2 Å². The second kappa shape index (κ2) is 7.35. The van der Waals surface area contributed by atoms with Crippen molar-refractivity contribution in [2.75, 3.05) is 20.3 Å². The molecule has 0 saturated carbocycles. The summed E-state index contributed by atoms with van der Waals surface area (Å²) in [4.78, 5) is 26.9. The van der Waals surface area contributed by atoms with Gasteiger partial charge >= 0.3 is 0 Å². The fraction of sp³-hybridized carbons (Fsp3) is 0.263. The van der Waals surface area contributed by atoms with Crippen LogP contribution in [0.2, 0.25) is 5.02 Å². The highest BCUT2D eigenvalue weighted by Gasteiger charge is 2.44. The van der Waals surface area contributed by atoms with E-state index in [1.54, 1.807) is 37.3 Å². The number of methoxy groups -OCH3 is 1. The van der Waals surface area contributed by atoms with Crippen molar-refractivity contribution in [3.05, 3.63) is 69.8 Å². The van der Waals surface area contributed by atoms with Gasteiger partial charge in [-0.05, 0) is 36.8 Å². The van der Waals surface area contributed by atoms with Crippen molar-refractivity contribution in [3.8, 4) is 0 Å². The van der Waals surface area contributed by atoms with E-state index >= 15 is 0 Å². The number of carbonyl (C=O) groups excluding carboxylic acids is 2. The lowest BCUT2D eigenvalue weighted by molar-refractivity contribution is -0.130. The molecule has 0 saturated heterocycles. The van der Waals surface area contributed by atoms with Crippen LogP contribution in [-0.4, -0.2) is 42.0 Å².